The molecule has 0 aliphatic carbocycles. The fraction of sp³-hybridized carbons (Fsp3) is 0.857. The van der Waals surface area contributed by atoms with Crippen molar-refractivity contribution in [3.05, 3.63) is 0 Å². The standard InChI is InChI=1S/C7H16N2O3/c1-4-9(12-3)6-5-8(2)7(10)11/h4-6H2,1-3H3,(H,10,11). The number of carboxylic acid groups (broad SMARTS) is 1. The predicted octanol–water partition coefficient (Wildman–Crippen LogP) is 0.479. The third kappa shape index (κ3) is 4.15. The Kier molecular flexibility index (Phi) is 5.40. The van der Waals surface area contributed by atoms with Crippen molar-refractivity contribution in [2.75, 3.05) is 33.8 Å². The molecule has 0 fully saturated rings. The fourth-order valence-electron chi connectivity index (χ4n) is 0.736. The highest BCUT2D eigenvalue weighted by Crippen LogP contribution is 1.89. The number of hydrogen-bond donors (Lipinski definition) is 1. The van der Waals surface area contributed by atoms with Gasteiger partial charge in [0.25, 0.3) is 0 Å². The fourth-order valence-corrected chi connectivity index (χ4v) is 0.736. The maximum atomic E-state index is 10.4. The van der Waals surface area contributed by atoms with Crippen LogP contribution in [-0.4, -0.2) is 55.0 Å². The van der Waals surface area contributed by atoms with E-state index in [1.54, 1.807) is 12.2 Å². The van der Waals surface area contributed by atoms with Crippen molar-refractivity contribution in [3.63, 3.8) is 0 Å². The van der Waals surface area contributed by atoms with Gasteiger partial charge in [-0.3, -0.25) is 0 Å². The number of carbonyl (C=O) groups is 1. The van der Waals surface area contributed by atoms with Crippen LogP contribution in [0.2, 0.25) is 0 Å². The van der Waals surface area contributed by atoms with Crippen molar-refractivity contribution in [3.8, 4) is 0 Å². The predicted molar refractivity (Wildman–Crippen MR) is 44.9 cm³/mol. The van der Waals surface area contributed by atoms with Gasteiger partial charge < -0.3 is 14.8 Å². The van der Waals surface area contributed by atoms with Crippen LogP contribution < -0.4 is 0 Å². The van der Waals surface area contributed by atoms with Gasteiger partial charge in [-0.15, -0.1) is 0 Å². The highest BCUT2D eigenvalue weighted by Gasteiger charge is 2.06. The van der Waals surface area contributed by atoms with Gasteiger partial charge >= 0.3 is 6.09 Å². The summed E-state index contributed by atoms with van der Waals surface area (Å²) < 4.78 is 0. The first-order valence-corrected chi connectivity index (χ1v) is 3.85. The zero-order valence-electron chi connectivity index (χ0n) is 7.78. The number of rotatable bonds is 5. The Balaban J connectivity index is 3.58. The number of hydrogen-bond acceptors (Lipinski definition) is 3. The van der Waals surface area contributed by atoms with Gasteiger partial charge in [0, 0.05) is 26.7 Å². The van der Waals surface area contributed by atoms with Crippen LogP contribution in [0.5, 0.6) is 0 Å². The molecule has 0 atom stereocenters. The van der Waals surface area contributed by atoms with E-state index in [2.05, 4.69) is 0 Å². The smallest absolute Gasteiger partial charge is 0.407 e. The molecule has 1 amide bonds. The molecule has 5 nitrogen and oxygen atoms in total. The van der Waals surface area contributed by atoms with Crippen molar-refractivity contribution in [2.45, 2.75) is 6.92 Å². The molecule has 0 aliphatic rings. The van der Waals surface area contributed by atoms with E-state index in [1.165, 1.54) is 11.9 Å². The summed E-state index contributed by atoms with van der Waals surface area (Å²) in [7, 11) is 3.11. The molecule has 0 bridgehead atoms. The van der Waals surface area contributed by atoms with Gasteiger partial charge in [0.15, 0.2) is 0 Å². The SMILES string of the molecule is CCN(CCN(C)C(=O)O)OC. The second kappa shape index (κ2) is 5.79. The van der Waals surface area contributed by atoms with Crippen LogP contribution in [0.4, 0.5) is 4.79 Å². The first kappa shape index (κ1) is 11.2. The number of likely N-dealkylation sites (N-methyl/N-ethyl adjacent to an activating group) is 2. The lowest BCUT2D eigenvalue weighted by Gasteiger charge is -2.20. The first-order valence-electron chi connectivity index (χ1n) is 3.85. The van der Waals surface area contributed by atoms with E-state index in [1.807, 2.05) is 6.92 Å². The van der Waals surface area contributed by atoms with Crippen LogP contribution in [0.25, 0.3) is 0 Å². The molecule has 0 aromatic heterocycles. The minimum atomic E-state index is -0.915. The van der Waals surface area contributed by atoms with Gasteiger partial charge in [0.05, 0.1) is 7.11 Å². The quantitative estimate of drug-likeness (QED) is 0.619. The average Bonchev–Trinajstić information content (AvgIpc) is 2.05. The lowest BCUT2D eigenvalue weighted by Crippen LogP contribution is -2.35. The van der Waals surface area contributed by atoms with E-state index in [0.29, 0.717) is 13.1 Å². The molecule has 0 saturated carbocycles. The van der Waals surface area contributed by atoms with Crippen molar-refractivity contribution in [2.24, 2.45) is 0 Å². The molecule has 1 N–H and O–H groups in total. The Labute approximate surface area is 72.5 Å². The second-order valence-electron chi connectivity index (χ2n) is 2.41. The summed E-state index contributed by atoms with van der Waals surface area (Å²) in [5.74, 6) is 0. The molecule has 0 aliphatic heterocycles. The zero-order chi connectivity index (χ0) is 9.56. The molecular formula is C7H16N2O3. The molecule has 0 aromatic carbocycles. The molecule has 12 heavy (non-hydrogen) atoms. The topological polar surface area (TPSA) is 53.0 Å². The van der Waals surface area contributed by atoms with Crippen LogP contribution in [-0.2, 0) is 4.84 Å². The van der Waals surface area contributed by atoms with Crippen LogP contribution in [0, 0.1) is 0 Å². The third-order valence-electron chi connectivity index (χ3n) is 1.62. The summed E-state index contributed by atoms with van der Waals surface area (Å²) in [6.45, 7) is 3.75. The third-order valence-corrected chi connectivity index (χ3v) is 1.62. The van der Waals surface area contributed by atoms with Gasteiger partial charge in [-0.1, -0.05) is 6.92 Å². The Hall–Kier alpha value is -0.810. The van der Waals surface area contributed by atoms with Crippen LogP contribution >= 0.6 is 0 Å². The molecule has 0 spiro atoms. The van der Waals surface area contributed by atoms with E-state index in [0.717, 1.165) is 6.54 Å². The average molecular weight is 176 g/mol. The molecule has 72 valence electrons. The molecule has 0 unspecified atom stereocenters. The molecule has 5 heteroatoms. The van der Waals surface area contributed by atoms with E-state index in [9.17, 15) is 4.79 Å². The van der Waals surface area contributed by atoms with Crippen LogP contribution in [0.3, 0.4) is 0 Å². The highest BCUT2D eigenvalue weighted by molar-refractivity contribution is 5.64. The number of nitrogens with zero attached hydrogens (tertiary/aromatic N) is 2. The minimum Gasteiger partial charge on any atom is -0.465 e. The maximum absolute atomic E-state index is 10.4. The van der Waals surface area contributed by atoms with Gasteiger partial charge in [-0.05, 0) is 0 Å². The highest BCUT2D eigenvalue weighted by atomic mass is 16.7. The molecule has 0 aromatic rings. The second-order valence-corrected chi connectivity index (χ2v) is 2.41. The van der Waals surface area contributed by atoms with Crippen LogP contribution in [0.15, 0.2) is 0 Å². The molecular weight excluding hydrogens is 160 g/mol. The van der Waals surface area contributed by atoms with Gasteiger partial charge in [0.2, 0.25) is 0 Å². The summed E-state index contributed by atoms with van der Waals surface area (Å²) in [6, 6.07) is 0. The number of amides is 1. The van der Waals surface area contributed by atoms with Crippen LogP contribution in [0.1, 0.15) is 6.92 Å². The first-order chi connectivity index (χ1) is 5.61. The summed E-state index contributed by atoms with van der Waals surface area (Å²) in [6.07, 6.45) is -0.915. The zero-order valence-corrected chi connectivity index (χ0v) is 7.78. The van der Waals surface area contributed by atoms with E-state index in [-0.39, 0.29) is 0 Å². The Morgan fingerprint density at radius 2 is 2.08 bits per heavy atom. The summed E-state index contributed by atoms with van der Waals surface area (Å²) in [5.41, 5.74) is 0. The van der Waals surface area contributed by atoms with Gasteiger partial charge in [-0.25, -0.2) is 4.79 Å². The lowest BCUT2D eigenvalue weighted by molar-refractivity contribution is -0.128. The Morgan fingerprint density at radius 1 is 1.50 bits per heavy atom. The Bertz CT molecular complexity index is 137. The van der Waals surface area contributed by atoms with Gasteiger partial charge in [0.1, 0.15) is 0 Å². The van der Waals surface area contributed by atoms with Crippen molar-refractivity contribution >= 4 is 6.09 Å². The van der Waals surface area contributed by atoms with E-state index >= 15 is 0 Å². The summed E-state index contributed by atoms with van der Waals surface area (Å²) in [5, 5.41) is 10.2. The Morgan fingerprint density at radius 3 is 2.42 bits per heavy atom. The minimum absolute atomic E-state index is 0.455. The van der Waals surface area contributed by atoms with Crippen molar-refractivity contribution in [1.82, 2.24) is 9.96 Å². The number of hydroxylamine groups is 2. The molecule has 0 rings (SSSR count). The van der Waals surface area contributed by atoms with Crippen molar-refractivity contribution in [1.29, 1.82) is 0 Å². The van der Waals surface area contributed by atoms with Crippen molar-refractivity contribution < 1.29 is 14.7 Å². The summed E-state index contributed by atoms with van der Waals surface area (Å²) in [4.78, 5) is 16.5. The summed E-state index contributed by atoms with van der Waals surface area (Å²) >= 11 is 0. The normalized spacial score (nSPS) is 10.3. The van der Waals surface area contributed by atoms with Gasteiger partial charge in [-0.2, -0.15) is 5.06 Å². The molecule has 0 saturated heterocycles. The largest absolute Gasteiger partial charge is 0.465 e. The lowest BCUT2D eigenvalue weighted by atomic mass is 10.5. The van der Waals surface area contributed by atoms with E-state index in [4.69, 9.17) is 9.94 Å². The molecule has 0 radical (unpaired) electrons. The maximum Gasteiger partial charge on any atom is 0.407 e. The van der Waals surface area contributed by atoms with E-state index < -0.39 is 6.09 Å². The molecule has 0 heterocycles. The monoisotopic (exact) mass is 176 g/mol.